The molecule has 36 heavy (non-hydrogen) atoms. The van der Waals surface area contributed by atoms with Gasteiger partial charge in [-0.05, 0) is 36.2 Å². The number of thiophene rings is 1. The molecule has 3 aromatic rings. The molecule has 6 nitrogen and oxygen atoms in total. The lowest BCUT2D eigenvalue weighted by molar-refractivity contribution is -0.117. The van der Waals surface area contributed by atoms with Gasteiger partial charge in [-0.3, -0.25) is 14.6 Å². The minimum Gasteiger partial charge on any atom is -0.462 e. The SMILES string of the molecule is CCOC(=O)c1sc(-c2ccc(Cl)cc2)cc1NC(=O)CN1CCN(C/C=C/c2ccccc2)CC1. The van der Waals surface area contributed by atoms with Gasteiger partial charge in [0.15, 0.2) is 0 Å². The van der Waals surface area contributed by atoms with E-state index in [-0.39, 0.29) is 19.1 Å². The number of anilines is 1. The van der Waals surface area contributed by atoms with E-state index in [0.717, 1.165) is 43.2 Å². The van der Waals surface area contributed by atoms with Crippen LogP contribution in [0.3, 0.4) is 0 Å². The summed E-state index contributed by atoms with van der Waals surface area (Å²) in [5.74, 6) is -0.575. The summed E-state index contributed by atoms with van der Waals surface area (Å²) in [5, 5.41) is 3.58. The number of rotatable bonds is 9. The Bertz CT molecular complexity index is 1190. The van der Waals surface area contributed by atoms with Gasteiger partial charge in [0.1, 0.15) is 4.88 Å². The lowest BCUT2D eigenvalue weighted by Crippen LogP contribution is -2.48. The van der Waals surface area contributed by atoms with Gasteiger partial charge in [-0.15, -0.1) is 11.3 Å². The largest absolute Gasteiger partial charge is 0.462 e. The van der Waals surface area contributed by atoms with Crippen molar-refractivity contribution in [1.29, 1.82) is 0 Å². The molecule has 0 aliphatic carbocycles. The van der Waals surface area contributed by atoms with Crippen molar-refractivity contribution in [2.75, 3.05) is 51.2 Å². The fourth-order valence-corrected chi connectivity index (χ4v) is 5.15. The van der Waals surface area contributed by atoms with E-state index in [1.165, 1.54) is 16.9 Å². The van der Waals surface area contributed by atoms with E-state index in [1.807, 2.05) is 36.4 Å². The highest BCUT2D eigenvalue weighted by Crippen LogP contribution is 2.36. The van der Waals surface area contributed by atoms with Crippen molar-refractivity contribution in [3.8, 4) is 10.4 Å². The van der Waals surface area contributed by atoms with Crippen LogP contribution in [0.2, 0.25) is 5.02 Å². The molecule has 1 N–H and O–H groups in total. The molecule has 1 fully saturated rings. The zero-order chi connectivity index (χ0) is 25.3. The molecule has 8 heteroatoms. The number of piperazine rings is 1. The Labute approximate surface area is 221 Å². The first kappa shape index (κ1) is 26.1. The van der Waals surface area contributed by atoms with Gasteiger partial charge in [-0.1, -0.05) is 66.2 Å². The number of esters is 1. The first-order valence-electron chi connectivity index (χ1n) is 12.0. The smallest absolute Gasteiger partial charge is 0.350 e. The number of halogens is 1. The average Bonchev–Trinajstić information content (AvgIpc) is 3.30. The maximum absolute atomic E-state index is 12.9. The number of carbonyl (C=O) groups is 2. The molecule has 1 amide bonds. The Hall–Kier alpha value is -2.97. The molecule has 4 rings (SSSR count). The molecule has 1 aliphatic heterocycles. The van der Waals surface area contributed by atoms with Crippen LogP contribution in [-0.4, -0.2) is 67.6 Å². The molecule has 0 bridgehead atoms. The van der Waals surface area contributed by atoms with Gasteiger partial charge in [0, 0.05) is 42.6 Å². The van der Waals surface area contributed by atoms with E-state index in [9.17, 15) is 9.59 Å². The fraction of sp³-hybridized carbons (Fsp3) is 0.286. The number of nitrogens with one attached hydrogen (secondary N) is 1. The van der Waals surface area contributed by atoms with Gasteiger partial charge in [0.2, 0.25) is 5.91 Å². The number of hydrogen-bond acceptors (Lipinski definition) is 6. The summed E-state index contributed by atoms with van der Waals surface area (Å²) >= 11 is 7.31. The molecular formula is C28H30ClN3O3S. The molecule has 188 valence electrons. The van der Waals surface area contributed by atoms with Crippen molar-refractivity contribution in [3.63, 3.8) is 0 Å². The summed E-state index contributed by atoms with van der Waals surface area (Å²) in [7, 11) is 0. The molecule has 1 saturated heterocycles. The van der Waals surface area contributed by atoms with Crippen molar-refractivity contribution >= 4 is 46.6 Å². The van der Waals surface area contributed by atoms with Crippen LogP contribution < -0.4 is 5.32 Å². The van der Waals surface area contributed by atoms with Crippen LogP contribution in [0.4, 0.5) is 5.69 Å². The Balaban J connectivity index is 1.32. The van der Waals surface area contributed by atoms with Crippen LogP contribution in [-0.2, 0) is 9.53 Å². The van der Waals surface area contributed by atoms with Crippen LogP contribution in [0.5, 0.6) is 0 Å². The number of hydrogen-bond donors (Lipinski definition) is 1. The lowest BCUT2D eigenvalue weighted by Gasteiger charge is -2.33. The average molecular weight is 524 g/mol. The number of nitrogens with zero attached hydrogens (tertiary/aromatic N) is 2. The number of amides is 1. The molecule has 2 aromatic carbocycles. The topological polar surface area (TPSA) is 61.9 Å². The Morgan fingerprint density at radius 2 is 1.72 bits per heavy atom. The number of carbonyl (C=O) groups excluding carboxylic acids is 2. The Kier molecular flexibility index (Phi) is 9.30. The van der Waals surface area contributed by atoms with Crippen molar-refractivity contribution in [2.24, 2.45) is 0 Å². The number of benzene rings is 2. The molecule has 0 atom stereocenters. The molecule has 0 radical (unpaired) electrons. The predicted octanol–water partition coefficient (Wildman–Crippen LogP) is 5.51. The van der Waals surface area contributed by atoms with E-state index in [4.69, 9.17) is 16.3 Å². The second-order valence-electron chi connectivity index (χ2n) is 8.52. The minimum atomic E-state index is -0.435. The minimum absolute atomic E-state index is 0.140. The summed E-state index contributed by atoms with van der Waals surface area (Å²) in [4.78, 5) is 31.2. The maximum Gasteiger partial charge on any atom is 0.350 e. The summed E-state index contributed by atoms with van der Waals surface area (Å²) in [5.41, 5.74) is 2.61. The first-order valence-corrected chi connectivity index (χ1v) is 13.2. The van der Waals surface area contributed by atoms with Gasteiger partial charge >= 0.3 is 5.97 Å². The molecule has 0 spiro atoms. The van der Waals surface area contributed by atoms with Crippen LogP contribution in [0.25, 0.3) is 16.5 Å². The highest BCUT2D eigenvalue weighted by Gasteiger charge is 2.22. The summed E-state index contributed by atoms with van der Waals surface area (Å²) in [6, 6.07) is 19.5. The van der Waals surface area contributed by atoms with E-state index < -0.39 is 5.97 Å². The van der Waals surface area contributed by atoms with Crippen molar-refractivity contribution in [1.82, 2.24) is 9.80 Å². The maximum atomic E-state index is 12.9. The molecule has 0 unspecified atom stereocenters. The summed E-state index contributed by atoms with van der Waals surface area (Å²) in [6.45, 7) is 6.64. The van der Waals surface area contributed by atoms with Gasteiger partial charge < -0.3 is 10.1 Å². The standard InChI is InChI=1S/C28H30ClN3O3S/c1-2-35-28(34)27-24(19-25(36-27)22-10-12-23(29)13-11-22)30-26(33)20-32-17-15-31(16-18-32)14-6-9-21-7-4-3-5-8-21/h3-13,19H,2,14-18,20H2,1H3,(H,30,33)/b9-6+. The normalized spacial score (nSPS) is 14.7. The van der Waals surface area contributed by atoms with Crippen molar-refractivity contribution in [3.05, 3.63) is 82.2 Å². The number of ether oxygens (including phenoxy) is 1. The first-order chi connectivity index (χ1) is 17.5. The van der Waals surface area contributed by atoms with Crippen LogP contribution in [0, 0.1) is 0 Å². The predicted molar refractivity (Wildman–Crippen MR) is 148 cm³/mol. The van der Waals surface area contributed by atoms with E-state index >= 15 is 0 Å². The molecular weight excluding hydrogens is 494 g/mol. The van der Waals surface area contributed by atoms with E-state index in [1.54, 1.807) is 19.1 Å². The Morgan fingerprint density at radius 3 is 2.42 bits per heavy atom. The van der Waals surface area contributed by atoms with Crippen LogP contribution >= 0.6 is 22.9 Å². The quantitative estimate of drug-likeness (QED) is 0.374. The third-order valence-corrected chi connectivity index (χ3v) is 7.32. The fourth-order valence-electron chi connectivity index (χ4n) is 4.01. The van der Waals surface area contributed by atoms with Gasteiger partial charge in [0.25, 0.3) is 0 Å². The van der Waals surface area contributed by atoms with Crippen molar-refractivity contribution < 1.29 is 14.3 Å². The summed E-state index contributed by atoms with van der Waals surface area (Å²) in [6.07, 6.45) is 4.32. The highest BCUT2D eigenvalue weighted by molar-refractivity contribution is 7.18. The molecule has 1 aliphatic rings. The second kappa shape index (κ2) is 12.8. The molecule has 2 heterocycles. The second-order valence-corrected chi connectivity index (χ2v) is 10.0. The molecule has 0 saturated carbocycles. The third-order valence-electron chi connectivity index (χ3n) is 5.90. The third kappa shape index (κ3) is 7.27. The monoisotopic (exact) mass is 523 g/mol. The van der Waals surface area contributed by atoms with E-state index in [0.29, 0.717) is 15.6 Å². The van der Waals surface area contributed by atoms with Crippen molar-refractivity contribution in [2.45, 2.75) is 6.92 Å². The van der Waals surface area contributed by atoms with Gasteiger partial charge in [-0.2, -0.15) is 0 Å². The van der Waals surface area contributed by atoms with Crippen LogP contribution in [0.15, 0.2) is 66.7 Å². The lowest BCUT2D eigenvalue weighted by atomic mass is 10.2. The zero-order valence-electron chi connectivity index (χ0n) is 20.3. The zero-order valence-corrected chi connectivity index (χ0v) is 21.9. The molecule has 1 aromatic heterocycles. The Morgan fingerprint density at radius 1 is 1.03 bits per heavy atom. The van der Waals surface area contributed by atoms with Gasteiger partial charge in [-0.25, -0.2) is 4.79 Å². The van der Waals surface area contributed by atoms with Crippen LogP contribution in [0.1, 0.15) is 22.2 Å². The van der Waals surface area contributed by atoms with Gasteiger partial charge in [0.05, 0.1) is 18.8 Å². The summed E-state index contributed by atoms with van der Waals surface area (Å²) < 4.78 is 5.22. The highest BCUT2D eigenvalue weighted by atomic mass is 35.5. The van der Waals surface area contributed by atoms with E-state index in [2.05, 4.69) is 39.4 Å².